The second kappa shape index (κ2) is 17.7. The quantitative estimate of drug-likeness (QED) is 0.154. The van der Waals surface area contributed by atoms with Crippen LogP contribution < -0.4 is 16.4 Å². The Kier molecular flexibility index (Phi) is 14.0. The number of hydrogen-bond acceptors (Lipinski definition) is 7. The number of alkyl carbamates (subject to hydrolysis) is 1. The smallest absolute Gasteiger partial charge is 0.407 e. The molecule has 2 amide bonds. The molecule has 11 heteroatoms. The lowest BCUT2D eigenvalue weighted by molar-refractivity contribution is -0.123. The SMILES string of the molecule is COC(=O)N[C@H](C(=O)NCC(C)CCC(CO)N(CCC(C)C)S(=O)(=O)c1ccc(N)cc1)C(c1ccccc1)c1ccccc1. The molecule has 0 aliphatic heterocycles. The predicted octanol–water partition coefficient (Wildman–Crippen LogP) is 4.76. The van der Waals surface area contributed by atoms with Crippen LogP contribution in [0.4, 0.5) is 10.5 Å². The van der Waals surface area contributed by atoms with Gasteiger partial charge in [-0.2, -0.15) is 4.31 Å². The number of nitrogen functional groups attached to an aromatic ring is 1. The Balaban J connectivity index is 1.75. The highest BCUT2D eigenvalue weighted by Gasteiger charge is 2.34. The highest BCUT2D eigenvalue weighted by atomic mass is 32.2. The lowest BCUT2D eigenvalue weighted by Gasteiger charge is -2.31. The largest absolute Gasteiger partial charge is 0.453 e. The second-order valence-electron chi connectivity index (χ2n) is 12.0. The molecule has 10 nitrogen and oxygen atoms in total. The van der Waals surface area contributed by atoms with Crippen molar-refractivity contribution in [2.45, 2.75) is 62.9 Å². The standard InChI is InChI=1S/C35H48N4O6S/c1-25(2)21-22-39(46(43,44)31-19-16-29(36)17-20-31)30(24-40)18-15-26(3)23-37-34(41)33(38-35(42)45-4)32(27-11-7-5-8-12-27)28-13-9-6-10-14-28/h5-14,16-17,19-20,25-26,30,32-33,40H,15,18,21-24,36H2,1-4H3,(H,37,41)(H,38,42)/t26?,30?,33-/m0/s1. The molecule has 0 spiro atoms. The topological polar surface area (TPSA) is 151 Å². The van der Waals surface area contributed by atoms with Gasteiger partial charge in [0.1, 0.15) is 6.04 Å². The molecule has 0 saturated carbocycles. The molecule has 0 saturated heterocycles. The zero-order valence-electron chi connectivity index (χ0n) is 27.1. The number of sulfonamides is 1. The summed E-state index contributed by atoms with van der Waals surface area (Å²) in [5, 5.41) is 16.1. The number of ether oxygens (including phenoxy) is 1. The van der Waals surface area contributed by atoms with Crippen molar-refractivity contribution in [1.29, 1.82) is 0 Å². The number of methoxy groups -OCH3 is 1. The van der Waals surface area contributed by atoms with Crippen LogP contribution in [0.5, 0.6) is 0 Å². The number of rotatable bonds is 17. The maximum atomic E-state index is 13.7. The van der Waals surface area contributed by atoms with Crippen LogP contribution >= 0.6 is 0 Å². The van der Waals surface area contributed by atoms with Crippen LogP contribution in [0.1, 0.15) is 57.1 Å². The summed E-state index contributed by atoms with van der Waals surface area (Å²) in [6, 6.07) is 23.4. The number of nitrogens with zero attached hydrogens (tertiary/aromatic N) is 1. The first-order chi connectivity index (χ1) is 22.0. The molecule has 0 aliphatic carbocycles. The third-order valence-corrected chi connectivity index (χ3v) is 10.0. The minimum Gasteiger partial charge on any atom is -0.453 e. The molecule has 2 unspecified atom stereocenters. The normalized spacial score (nSPS) is 13.7. The average Bonchev–Trinajstić information content (AvgIpc) is 3.05. The van der Waals surface area contributed by atoms with Crippen molar-refractivity contribution in [3.05, 3.63) is 96.1 Å². The van der Waals surface area contributed by atoms with Crippen LogP contribution in [0, 0.1) is 11.8 Å². The third kappa shape index (κ3) is 10.3. The van der Waals surface area contributed by atoms with Gasteiger partial charge in [-0.1, -0.05) is 81.4 Å². The van der Waals surface area contributed by atoms with Gasteiger partial charge in [-0.3, -0.25) is 4.79 Å². The third-order valence-electron chi connectivity index (χ3n) is 8.04. The molecule has 3 aromatic carbocycles. The Morgan fingerprint density at radius 1 is 0.870 bits per heavy atom. The van der Waals surface area contributed by atoms with E-state index in [1.165, 1.54) is 23.5 Å². The first kappa shape index (κ1) is 36.5. The van der Waals surface area contributed by atoms with Crippen LogP contribution in [-0.2, 0) is 19.6 Å². The van der Waals surface area contributed by atoms with Crippen molar-refractivity contribution in [3.63, 3.8) is 0 Å². The first-order valence-electron chi connectivity index (χ1n) is 15.7. The summed E-state index contributed by atoms with van der Waals surface area (Å²) in [5.41, 5.74) is 7.95. The number of aliphatic hydroxyl groups is 1. The Labute approximate surface area is 273 Å². The minimum absolute atomic E-state index is 0.0603. The summed E-state index contributed by atoms with van der Waals surface area (Å²) < 4.78 is 33.6. The van der Waals surface area contributed by atoms with Gasteiger partial charge in [0, 0.05) is 30.7 Å². The monoisotopic (exact) mass is 652 g/mol. The van der Waals surface area contributed by atoms with Crippen molar-refractivity contribution in [1.82, 2.24) is 14.9 Å². The minimum atomic E-state index is -3.89. The Morgan fingerprint density at radius 3 is 1.93 bits per heavy atom. The van der Waals surface area contributed by atoms with Crippen LogP contribution in [0.25, 0.3) is 0 Å². The Morgan fingerprint density at radius 2 is 1.43 bits per heavy atom. The summed E-state index contributed by atoms with van der Waals surface area (Å²) in [7, 11) is -2.64. The fourth-order valence-electron chi connectivity index (χ4n) is 5.33. The fourth-order valence-corrected chi connectivity index (χ4v) is 7.00. The molecular formula is C35H48N4O6S. The van der Waals surface area contributed by atoms with Crippen molar-refractivity contribution >= 4 is 27.7 Å². The van der Waals surface area contributed by atoms with E-state index in [-0.39, 0.29) is 42.3 Å². The fraction of sp³-hybridized carbons (Fsp3) is 0.429. The summed E-state index contributed by atoms with van der Waals surface area (Å²) in [6.45, 7) is 6.21. The molecule has 0 heterocycles. The van der Waals surface area contributed by atoms with Gasteiger partial charge < -0.3 is 26.2 Å². The number of benzene rings is 3. The van der Waals surface area contributed by atoms with Crippen molar-refractivity contribution in [3.8, 4) is 0 Å². The molecule has 0 aromatic heterocycles. The van der Waals surface area contributed by atoms with Gasteiger partial charge in [0.2, 0.25) is 15.9 Å². The van der Waals surface area contributed by atoms with Crippen LogP contribution in [-0.4, -0.2) is 68.7 Å². The van der Waals surface area contributed by atoms with Gasteiger partial charge >= 0.3 is 6.09 Å². The van der Waals surface area contributed by atoms with Gasteiger partial charge in [0.05, 0.1) is 18.6 Å². The number of amides is 2. The van der Waals surface area contributed by atoms with Gasteiger partial charge in [-0.25, -0.2) is 13.2 Å². The van der Waals surface area contributed by atoms with Crippen molar-refractivity contribution < 1.29 is 27.9 Å². The maximum absolute atomic E-state index is 13.7. The average molecular weight is 653 g/mol. The molecule has 0 fully saturated rings. The Bertz CT molecular complexity index is 1430. The molecule has 5 N–H and O–H groups in total. The van der Waals surface area contributed by atoms with Gasteiger partial charge in [0.15, 0.2) is 0 Å². The number of aliphatic hydroxyl groups excluding tert-OH is 1. The summed E-state index contributed by atoms with van der Waals surface area (Å²) >= 11 is 0. The highest BCUT2D eigenvalue weighted by Crippen LogP contribution is 2.29. The zero-order chi connectivity index (χ0) is 33.7. The molecule has 0 bridgehead atoms. The molecule has 3 atom stereocenters. The molecule has 46 heavy (non-hydrogen) atoms. The number of hydrogen-bond donors (Lipinski definition) is 4. The summed E-state index contributed by atoms with van der Waals surface area (Å²) in [6.07, 6.45) is 0.839. The lowest BCUT2D eigenvalue weighted by atomic mass is 9.84. The van der Waals surface area contributed by atoms with Crippen LogP contribution in [0.3, 0.4) is 0 Å². The number of nitrogens with one attached hydrogen (secondary N) is 2. The van der Waals surface area contributed by atoms with E-state index in [1.54, 1.807) is 12.1 Å². The van der Waals surface area contributed by atoms with Crippen LogP contribution in [0.2, 0.25) is 0 Å². The lowest BCUT2D eigenvalue weighted by Crippen LogP contribution is -2.51. The number of carbonyl (C=O) groups excluding carboxylic acids is 2. The molecule has 0 aliphatic rings. The second-order valence-corrected chi connectivity index (χ2v) is 13.9. The molecule has 250 valence electrons. The van der Waals surface area contributed by atoms with E-state index < -0.39 is 34.1 Å². The van der Waals surface area contributed by atoms with E-state index in [1.807, 2.05) is 81.4 Å². The van der Waals surface area contributed by atoms with Gasteiger partial charge in [0.25, 0.3) is 0 Å². The predicted molar refractivity (Wildman–Crippen MR) is 181 cm³/mol. The summed E-state index contributed by atoms with van der Waals surface area (Å²) in [5.74, 6) is -0.656. The van der Waals surface area contributed by atoms with E-state index in [0.717, 1.165) is 11.1 Å². The van der Waals surface area contributed by atoms with Gasteiger partial charge in [-0.15, -0.1) is 0 Å². The molecule has 0 radical (unpaired) electrons. The number of nitrogens with two attached hydrogens (primary N) is 1. The van der Waals surface area contributed by atoms with E-state index >= 15 is 0 Å². The molecule has 3 aromatic rings. The molecule has 3 rings (SSSR count). The number of carbonyl (C=O) groups is 2. The van der Waals surface area contributed by atoms with Crippen molar-refractivity contribution in [2.24, 2.45) is 11.8 Å². The molecular weight excluding hydrogens is 604 g/mol. The van der Waals surface area contributed by atoms with E-state index in [0.29, 0.717) is 24.9 Å². The van der Waals surface area contributed by atoms with Crippen LogP contribution in [0.15, 0.2) is 89.8 Å². The summed E-state index contributed by atoms with van der Waals surface area (Å²) in [4.78, 5) is 26.3. The highest BCUT2D eigenvalue weighted by molar-refractivity contribution is 7.89. The van der Waals surface area contributed by atoms with E-state index in [4.69, 9.17) is 10.5 Å². The number of anilines is 1. The maximum Gasteiger partial charge on any atom is 0.407 e. The zero-order valence-corrected chi connectivity index (χ0v) is 28.0. The van der Waals surface area contributed by atoms with Gasteiger partial charge in [-0.05, 0) is 66.5 Å². The van der Waals surface area contributed by atoms with E-state index in [2.05, 4.69) is 10.6 Å². The Hall–Kier alpha value is -3.93. The van der Waals surface area contributed by atoms with Crippen molar-refractivity contribution in [2.75, 3.05) is 32.5 Å². The first-order valence-corrected chi connectivity index (χ1v) is 17.1. The van der Waals surface area contributed by atoms with E-state index in [9.17, 15) is 23.1 Å².